The van der Waals surface area contributed by atoms with Crippen LogP contribution in [0, 0.1) is 0 Å². The third-order valence-corrected chi connectivity index (χ3v) is 4.15. The zero-order valence-corrected chi connectivity index (χ0v) is 16.2. The van der Waals surface area contributed by atoms with Crippen LogP contribution in [-0.4, -0.2) is 29.1 Å². The van der Waals surface area contributed by atoms with Crippen molar-refractivity contribution in [3.8, 4) is 11.5 Å². The molecule has 0 spiro atoms. The molecule has 0 aliphatic rings. The van der Waals surface area contributed by atoms with Gasteiger partial charge in [0.1, 0.15) is 6.61 Å². The minimum absolute atomic E-state index is 0.0229. The number of hydrogen-bond acceptors (Lipinski definition) is 5. The number of aromatic carboxylic acids is 1. The van der Waals surface area contributed by atoms with Gasteiger partial charge >= 0.3 is 5.97 Å². The van der Waals surface area contributed by atoms with Crippen molar-refractivity contribution in [2.75, 3.05) is 12.4 Å². The van der Waals surface area contributed by atoms with Crippen LogP contribution in [0.5, 0.6) is 11.5 Å². The summed E-state index contributed by atoms with van der Waals surface area (Å²) < 4.78 is 11.2. The van der Waals surface area contributed by atoms with Gasteiger partial charge in [-0.2, -0.15) is 0 Å². The highest BCUT2D eigenvalue weighted by Gasteiger charge is 2.10. The highest BCUT2D eigenvalue weighted by molar-refractivity contribution is 6.06. The summed E-state index contributed by atoms with van der Waals surface area (Å²) in [4.78, 5) is 27.5. The largest absolute Gasteiger partial charge is 0.493 e. The maximum Gasteiger partial charge on any atom is 0.337 e. The van der Waals surface area contributed by atoms with Gasteiger partial charge in [-0.05, 0) is 42.0 Å². The highest BCUT2D eigenvalue weighted by atomic mass is 16.5. The number of hydrogen-bond donors (Lipinski definition) is 2. The van der Waals surface area contributed by atoms with Crippen LogP contribution in [-0.2, 0) is 11.4 Å². The molecule has 3 rings (SSSR count). The summed E-state index contributed by atoms with van der Waals surface area (Å²) >= 11 is 0. The van der Waals surface area contributed by atoms with E-state index in [-0.39, 0.29) is 11.3 Å². The average Bonchev–Trinajstić information content (AvgIpc) is 2.77. The van der Waals surface area contributed by atoms with E-state index in [0.29, 0.717) is 18.1 Å². The van der Waals surface area contributed by atoms with E-state index in [0.717, 1.165) is 11.1 Å². The van der Waals surface area contributed by atoms with Crippen molar-refractivity contribution in [2.45, 2.75) is 6.61 Å². The fourth-order valence-electron chi connectivity index (χ4n) is 2.68. The van der Waals surface area contributed by atoms with E-state index in [4.69, 9.17) is 9.47 Å². The predicted octanol–water partition coefficient (Wildman–Crippen LogP) is 4.02. The van der Waals surface area contributed by atoms with Gasteiger partial charge in [-0.3, -0.25) is 9.78 Å². The lowest BCUT2D eigenvalue weighted by Gasteiger charge is -2.11. The number of anilines is 1. The zero-order chi connectivity index (χ0) is 21.3. The van der Waals surface area contributed by atoms with Gasteiger partial charge in [0.05, 0.1) is 18.4 Å². The number of carboxylic acids is 1. The summed E-state index contributed by atoms with van der Waals surface area (Å²) in [6, 6.07) is 15.2. The lowest BCUT2D eigenvalue weighted by molar-refractivity contribution is -0.111. The maximum absolute atomic E-state index is 12.2. The number of ether oxygens (including phenoxy) is 2. The van der Waals surface area contributed by atoms with E-state index in [2.05, 4.69) is 10.3 Å². The summed E-state index contributed by atoms with van der Waals surface area (Å²) in [7, 11) is 1.55. The summed E-state index contributed by atoms with van der Waals surface area (Å²) in [5.41, 5.74) is 1.89. The molecule has 30 heavy (non-hydrogen) atoms. The fraction of sp³-hybridized carbons (Fsp3) is 0.0870. The molecule has 1 heterocycles. The molecular weight excluding hydrogens is 384 g/mol. The molecule has 0 saturated carbocycles. The molecule has 0 aliphatic heterocycles. The number of carbonyl (C=O) groups is 2. The summed E-state index contributed by atoms with van der Waals surface area (Å²) in [6.07, 6.45) is 6.34. The molecule has 7 heteroatoms. The van der Waals surface area contributed by atoms with Gasteiger partial charge in [0.25, 0.3) is 0 Å². The van der Waals surface area contributed by atoms with E-state index < -0.39 is 11.9 Å². The second kappa shape index (κ2) is 9.88. The van der Waals surface area contributed by atoms with Crippen molar-refractivity contribution in [3.05, 3.63) is 89.8 Å². The van der Waals surface area contributed by atoms with Crippen LogP contribution in [0.15, 0.2) is 73.1 Å². The number of nitrogens with one attached hydrogen (secondary N) is 1. The molecule has 0 fully saturated rings. The van der Waals surface area contributed by atoms with Crippen LogP contribution < -0.4 is 14.8 Å². The van der Waals surface area contributed by atoms with Crippen LogP contribution in [0.2, 0.25) is 0 Å². The van der Waals surface area contributed by atoms with Crippen molar-refractivity contribution >= 4 is 23.6 Å². The Bertz CT molecular complexity index is 1060. The molecule has 0 radical (unpaired) electrons. The number of methoxy groups -OCH3 is 1. The molecule has 1 amide bonds. The summed E-state index contributed by atoms with van der Waals surface area (Å²) in [6.45, 7) is 0.323. The Morgan fingerprint density at radius 1 is 1.10 bits per heavy atom. The lowest BCUT2D eigenvalue weighted by atomic mass is 10.1. The van der Waals surface area contributed by atoms with Crippen LogP contribution >= 0.6 is 0 Å². The number of carboxylic acid groups (broad SMARTS) is 1. The minimum atomic E-state index is -1.11. The van der Waals surface area contributed by atoms with Gasteiger partial charge in [-0.1, -0.05) is 24.3 Å². The first-order valence-corrected chi connectivity index (χ1v) is 9.08. The number of para-hydroxylation sites is 1. The quantitative estimate of drug-likeness (QED) is 0.551. The normalized spacial score (nSPS) is 10.6. The van der Waals surface area contributed by atoms with E-state index >= 15 is 0 Å². The Balaban J connectivity index is 1.70. The van der Waals surface area contributed by atoms with Crippen molar-refractivity contribution in [1.82, 2.24) is 4.98 Å². The molecule has 2 N–H and O–H groups in total. The first kappa shape index (κ1) is 20.6. The number of aromatic nitrogens is 1. The minimum Gasteiger partial charge on any atom is -0.493 e. The number of rotatable bonds is 8. The molecule has 0 saturated heterocycles. The second-order valence-corrected chi connectivity index (χ2v) is 6.23. The number of carbonyl (C=O) groups excluding carboxylic acids is 1. The van der Waals surface area contributed by atoms with Crippen molar-refractivity contribution in [3.63, 3.8) is 0 Å². The highest BCUT2D eigenvalue weighted by Crippen LogP contribution is 2.29. The number of amides is 1. The van der Waals surface area contributed by atoms with Crippen LogP contribution in [0.1, 0.15) is 21.5 Å². The Labute approximate surface area is 173 Å². The predicted molar refractivity (Wildman–Crippen MR) is 113 cm³/mol. The van der Waals surface area contributed by atoms with E-state index in [9.17, 15) is 14.7 Å². The third kappa shape index (κ3) is 5.45. The van der Waals surface area contributed by atoms with Gasteiger partial charge in [0.2, 0.25) is 5.91 Å². The number of nitrogens with zero attached hydrogens (tertiary/aromatic N) is 1. The zero-order valence-electron chi connectivity index (χ0n) is 16.2. The van der Waals surface area contributed by atoms with Crippen LogP contribution in [0.25, 0.3) is 6.08 Å². The van der Waals surface area contributed by atoms with Gasteiger partial charge in [0.15, 0.2) is 11.5 Å². The molecular formula is C23H20N2O5. The third-order valence-electron chi connectivity index (χ3n) is 4.15. The fourth-order valence-corrected chi connectivity index (χ4v) is 2.68. The van der Waals surface area contributed by atoms with Crippen LogP contribution in [0.3, 0.4) is 0 Å². The van der Waals surface area contributed by atoms with E-state index in [1.54, 1.807) is 55.9 Å². The van der Waals surface area contributed by atoms with Crippen molar-refractivity contribution < 1.29 is 24.2 Å². The number of pyridine rings is 1. The van der Waals surface area contributed by atoms with Crippen molar-refractivity contribution in [1.29, 1.82) is 0 Å². The molecule has 0 unspecified atom stereocenters. The Morgan fingerprint density at radius 2 is 1.93 bits per heavy atom. The first-order valence-electron chi connectivity index (χ1n) is 9.08. The molecule has 1 aromatic heterocycles. The first-order chi connectivity index (χ1) is 14.6. The van der Waals surface area contributed by atoms with Gasteiger partial charge < -0.3 is 19.9 Å². The maximum atomic E-state index is 12.2. The summed E-state index contributed by atoms with van der Waals surface area (Å²) in [5, 5.41) is 11.8. The molecule has 152 valence electrons. The molecule has 7 nitrogen and oxygen atoms in total. The SMILES string of the molecule is COc1ccc(C=CC(=O)Nc2ccccc2C(=O)O)cc1OCc1cccnc1. The number of benzene rings is 2. The van der Waals surface area contributed by atoms with Crippen LogP contribution in [0.4, 0.5) is 5.69 Å². The molecule has 2 aromatic carbocycles. The summed E-state index contributed by atoms with van der Waals surface area (Å²) in [5.74, 6) is -0.464. The Morgan fingerprint density at radius 3 is 2.67 bits per heavy atom. The smallest absolute Gasteiger partial charge is 0.337 e. The Kier molecular flexibility index (Phi) is 6.78. The molecule has 3 aromatic rings. The van der Waals surface area contributed by atoms with Crippen molar-refractivity contribution in [2.24, 2.45) is 0 Å². The van der Waals surface area contributed by atoms with E-state index in [1.807, 2.05) is 12.1 Å². The average molecular weight is 404 g/mol. The van der Waals surface area contributed by atoms with Gasteiger partial charge in [-0.25, -0.2) is 4.79 Å². The molecule has 0 atom stereocenters. The van der Waals surface area contributed by atoms with Gasteiger partial charge in [-0.15, -0.1) is 0 Å². The molecule has 0 bridgehead atoms. The van der Waals surface area contributed by atoms with Gasteiger partial charge in [0, 0.05) is 24.0 Å². The Hall–Kier alpha value is -4.13. The molecule has 0 aliphatic carbocycles. The lowest BCUT2D eigenvalue weighted by Crippen LogP contribution is -2.11. The van der Waals surface area contributed by atoms with E-state index in [1.165, 1.54) is 18.2 Å². The second-order valence-electron chi connectivity index (χ2n) is 6.23. The topological polar surface area (TPSA) is 97.8 Å². The standard InChI is InChI=1S/C23H20N2O5/c1-29-20-10-8-16(13-21(20)30-15-17-5-4-12-24-14-17)9-11-22(26)25-19-7-3-2-6-18(19)23(27)28/h2-14H,15H2,1H3,(H,25,26)(H,27,28). The monoisotopic (exact) mass is 404 g/mol.